The summed E-state index contributed by atoms with van der Waals surface area (Å²) in [4.78, 5) is 20.7. The molecule has 5 heteroatoms. The van der Waals surface area contributed by atoms with Gasteiger partial charge in [0.2, 0.25) is 0 Å². The van der Waals surface area contributed by atoms with Crippen molar-refractivity contribution in [2.45, 2.75) is 32.2 Å². The fourth-order valence-corrected chi connectivity index (χ4v) is 5.10. The van der Waals surface area contributed by atoms with Crippen LogP contribution in [0.5, 0.6) is 0 Å². The third-order valence-corrected chi connectivity index (χ3v) is 6.36. The maximum Gasteiger partial charge on any atom is 0.272 e. The zero-order chi connectivity index (χ0) is 16.3. The van der Waals surface area contributed by atoms with Gasteiger partial charge in [-0.3, -0.25) is 9.20 Å². The highest BCUT2D eigenvalue weighted by molar-refractivity contribution is 7.15. The van der Waals surface area contributed by atoms with Gasteiger partial charge in [-0.25, -0.2) is 4.98 Å². The number of likely N-dealkylation sites (tertiary alicyclic amines) is 1. The van der Waals surface area contributed by atoms with E-state index in [4.69, 9.17) is 4.98 Å². The zero-order valence-electron chi connectivity index (χ0n) is 13.6. The number of amides is 1. The van der Waals surface area contributed by atoms with Gasteiger partial charge >= 0.3 is 0 Å². The normalized spacial score (nSPS) is 22.6. The number of piperidine rings is 1. The fourth-order valence-electron chi connectivity index (χ4n) is 4.25. The Bertz CT molecular complexity index is 941. The van der Waals surface area contributed by atoms with Crippen molar-refractivity contribution in [2.24, 2.45) is 5.92 Å². The van der Waals surface area contributed by atoms with Crippen LogP contribution in [0.4, 0.5) is 0 Å². The third kappa shape index (κ3) is 2.04. The molecule has 2 aliphatic rings. The number of hydrogen-bond donors (Lipinski definition) is 0. The first-order valence-electron chi connectivity index (χ1n) is 8.54. The molecule has 5 rings (SSSR count). The highest BCUT2D eigenvalue weighted by Gasteiger charge is 2.41. The first-order valence-corrected chi connectivity index (χ1v) is 9.42. The van der Waals surface area contributed by atoms with E-state index in [-0.39, 0.29) is 5.91 Å². The molecule has 4 nitrogen and oxygen atoms in total. The lowest BCUT2D eigenvalue weighted by Crippen LogP contribution is -2.38. The molecule has 0 unspecified atom stereocenters. The maximum absolute atomic E-state index is 13.0. The minimum Gasteiger partial charge on any atom is -0.334 e. The molecule has 0 spiro atoms. The topological polar surface area (TPSA) is 37.6 Å². The summed E-state index contributed by atoms with van der Waals surface area (Å²) >= 11 is 1.55. The minimum atomic E-state index is 0.169. The lowest BCUT2D eigenvalue weighted by Gasteiger charge is -2.26. The molecule has 1 saturated heterocycles. The average molecular weight is 337 g/mol. The Balaban J connectivity index is 1.54. The summed E-state index contributed by atoms with van der Waals surface area (Å²) in [6, 6.07) is 8.70. The van der Waals surface area contributed by atoms with E-state index in [2.05, 4.69) is 24.0 Å². The molecular formula is C19H19N3OS. The number of imidazole rings is 1. The van der Waals surface area contributed by atoms with Crippen LogP contribution in [0.2, 0.25) is 0 Å². The molecule has 0 radical (unpaired) electrons. The number of carbonyl (C=O) groups is 1. The first kappa shape index (κ1) is 14.2. The van der Waals surface area contributed by atoms with Crippen LogP contribution < -0.4 is 0 Å². The highest BCUT2D eigenvalue weighted by atomic mass is 32.1. The fraction of sp³-hybridized carbons (Fsp3) is 0.368. The van der Waals surface area contributed by atoms with E-state index in [9.17, 15) is 4.79 Å². The van der Waals surface area contributed by atoms with Crippen molar-refractivity contribution in [2.75, 3.05) is 6.54 Å². The molecule has 1 amide bonds. The smallest absolute Gasteiger partial charge is 0.272 e. The number of benzene rings is 1. The van der Waals surface area contributed by atoms with E-state index in [1.165, 1.54) is 24.8 Å². The zero-order valence-corrected chi connectivity index (χ0v) is 14.4. The molecule has 122 valence electrons. The molecule has 1 aliphatic carbocycles. The van der Waals surface area contributed by atoms with Crippen molar-refractivity contribution >= 4 is 22.2 Å². The van der Waals surface area contributed by atoms with Gasteiger partial charge in [-0.1, -0.05) is 24.3 Å². The second kappa shape index (κ2) is 5.18. The van der Waals surface area contributed by atoms with Crippen molar-refractivity contribution in [3.8, 4) is 11.3 Å². The molecular weight excluding hydrogens is 318 g/mol. The summed E-state index contributed by atoms with van der Waals surface area (Å²) in [5.74, 6) is 0.889. The van der Waals surface area contributed by atoms with E-state index in [1.54, 1.807) is 11.3 Å². The van der Waals surface area contributed by atoms with Crippen molar-refractivity contribution in [3.05, 3.63) is 47.1 Å². The van der Waals surface area contributed by atoms with Crippen LogP contribution in [0.1, 0.15) is 35.3 Å². The number of hydrogen-bond acceptors (Lipinski definition) is 3. The number of fused-ring (bicyclic) bond motifs is 3. The van der Waals surface area contributed by atoms with Gasteiger partial charge in [0.25, 0.3) is 5.91 Å². The Morgan fingerprint density at radius 1 is 1.29 bits per heavy atom. The Morgan fingerprint density at radius 3 is 2.92 bits per heavy atom. The molecule has 3 aromatic rings. The summed E-state index contributed by atoms with van der Waals surface area (Å²) in [7, 11) is 0. The van der Waals surface area contributed by atoms with Crippen LogP contribution in [0.25, 0.3) is 16.2 Å². The van der Waals surface area contributed by atoms with Crippen molar-refractivity contribution in [1.82, 2.24) is 14.3 Å². The van der Waals surface area contributed by atoms with Gasteiger partial charge in [0.15, 0.2) is 4.96 Å². The quantitative estimate of drug-likeness (QED) is 0.709. The number of aromatic nitrogens is 2. The summed E-state index contributed by atoms with van der Waals surface area (Å²) in [6.45, 7) is 3.02. The van der Waals surface area contributed by atoms with Crippen LogP contribution in [-0.4, -0.2) is 32.8 Å². The predicted octanol–water partition coefficient (Wildman–Crippen LogP) is 4.00. The van der Waals surface area contributed by atoms with Crippen LogP contribution in [0.3, 0.4) is 0 Å². The second-order valence-electron chi connectivity index (χ2n) is 7.00. The molecule has 1 aromatic carbocycles. The molecule has 0 N–H and O–H groups in total. The highest BCUT2D eigenvalue weighted by Crippen LogP contribution is 2.38. The first-order chi connectivity index (χ1) is 11.7. The molecule has 2 aromatic heterocycles. The molecule has 1 saturated carbocycles. The van der Waals surface area contributed by atoms with E-state index >= 15 is 0 Å². The summed E-state index contributed by atoms with van der Waals surface area (Å²) in [6.07, 6.45) is 5.66. The molecule has 3 heterocycles. The SMILES string of the molecule is Cc1ccccc1-c1cn2c(C(=O)N3C[C@H]4CC[C@H]3C4)csc2n1. The van der Waals surface area contributed by atoms with Gasteiger partial charge in [0, 0.05) is 29.7 Å². The van der Waals surface area contributed by atoms with E-state index < -0.39 is 0 Å². The number of rotatable bonds is 2. The molecule has 2 fully saturated rings. The molecule has 2 atom stereocenters. The van der Waals surface area contributed by atoms with Crippen LogP contribution >= 0.6 is 11.3 Å². The van der Waals surface area contributed by atoms with Crippen LogP contribution in [-0.2, 0) is 0 Å². The molecule has 2 bridgehead atoms. The van der Waals surface area contributed by atoms with Crippen molar-refractivity contribution in [3.63, 3.8) is 0 Å². The van der Waals surface area contributed by atoms with E-state index in [0.717, 1.165) is 34.4 Å². The van der Waals surface area contributed by atoms with Crippen molar-refractivity contribution in [1.29, 1.82) is 0 Å². The van der Waals surface area contributed by atoms with E-state index in [1.807, 2.05) is 28.1 Å². The monoisotopic (exact) mass is 337 g/mol. The van der Waals surface area contributed by atoms with Gasteiger partial charge < -0.3 is 4.90 Å². The number of thiazole rings is 1. The standard InChI is InChI=1S/C19H19N3OS/c1-12-4-2-3-5-15(12)16-10-22-17(11-24-19(22)20-16)18(23)21-9-13-6-7-14(21)8-13/h2-5,10-11,13-14H,6-9H2,1H3/t13-,14-/m0/s1. The molecule has 1 aliphatic heterocycles. The summed E-state index contributed by atoms with van der Waals surface area (Å²) in [5.41, 5.74) is 4.03. The van der Waals surface area contributed by atoms with Gasteiger partial charge in [-0.15, -0.1) is 11.3 Å². The van der Waals surface area contributed by atoms with Crippen LogP contribution in [0.15, 0.2) is 35.8 Å². The van der Waals surface area contributed by atoms with Gasteiger partial charge in [-0.2, -0.15) is 0 Å². The third-order valence-electron chi connectivity index (χ3n) is 5.52. The Morgan fingerprint density at radius 2 is 2.17 bits per heavy atom. The number of carbonyl (C=O) groups excluding carboxylic acids is 1. The Labute approximate surface area is 144 Å². The number of aryl methyl sites for hydroxylation is 1. The van der Waals surface area contributed by atoms with E-state index in [0.29, 0.717) is 6.04 Å². The largest absolute Gasteiger partial charge is 0.334 e. The predicted molar refractivity (Wildman–Crippen MR) is 95.4 cm³/mol. The van der Waals surface area contributed by atoms with Crippen molar-refractivity contribution < 1.29 is 4.79 Å². The van der Waals surface area contributed by atoms with Gasteiger partial charge in [0.05, 0.1) is 5.69 Å². The second-order valence-corrected chi connectivity index (χ2v) is 7.84. The number of nitrogens with zero attached hydrogens (tertiary/aromatic N) is 3. The summed E-state index contributed by atoms with van der Waals surface area (Å²) < 4.78 is 1.97. The van der Waals surface area contributed by atoms with Crippen LogP contribution in [0, 0.1) is 12.8 Å². The minimum absolute atomic E-state index is 0.169. The summed E-state index contributed by atoms with van der Waals surface area (Å²) in [5, 5.41) is 1.96. The molecule has 24 heavy (non-hydrogen) atoms. The lowest BCUT2D eigenvalue weighted by molar-refractivity contribution is 0.0697. The van der Waals surface area contributed by atoms with Gasteiger partial charge in [0.1, 0.15) is 5.69 Å². The Kier molecular flexibility index (Phi) is 3.07. The lowest BCUT2D eigenvalue weighted by atomic mass is 10.1. The Hall–Kier alpha value is -2.14. The average Bonchev–Trinajstić information content (AvgIpc) is 3.34. The van der Waals surface area contributed by atoms with Gasteiger partial charge in [-0.05, 0) is 37.7 Å². The maximum atomic E-state index is 13.0.